The number of carboxylic acids is 1. The van der Waals surface area contributed by atoms with Gasteiger partial charge in [0.05, 0.1) is 10.8 Å². The lowest BCUT2D eigenvalue weighted by atomic mass is 9.70. The van der Waals surface area contributed by atoms with Crippen molar-refractivity contribution in [3.05, 3.63) is 65.5 Å². The monoisotopic (exact) mass is 500 g/mol. The van der Waals surface area contributed by atoms with E-state index in [9.17, 15) is 54.2 Å². The Hall–Kier alpha value is -2.67. The second kappa shape index (κ2) is 7.69. The Kier molecular flexibility index (Phi) is 5.82. The lowest BCUT2D eigenvalue weighted by Crippen LogP contribution is -2.54. The Labute approximate surface area is 182 Å². The minimum absolute atomic E-state index is 0.264. The predicted octanol–water partition coefficient (Wildman–Crippen LogP) is 4.30. The number of halogens is 7. The van der Waals surface area contributed by atoms with Crippen molar-refractivity contribution in [2.24, 2.45) is 5.92 Å². The highest BCUT2D eigenvalue weighted by molar-refractivity contribution is 7.92. The molecule has 33 heavy (non-hydrogen) atoms. The quantitative estimate of drug-likeness (QED) is 0.472. The van der Waals surface area contributed by atoms with Gasteiger partial charge in [0, 0.05) is 5.56 Å². The molecule has 1 aliphatic carbocycles. The SMILES string of the molecule is O=C(O)[C@H]1C[C@](c2ccc(C(O)(C(F)(F)F)C(F)(F)F)cc2)(S(=O)(=O)c2ccc(F)cc2)C1. The minimum Gasteiger partial charge on any atom is -0.481 e. The second-order valence-corrected chi connectivity index (χ2v) is 9.94. The third kappa shape index (κ3) is 3.76. The summed E-state index contributed by atoms with van der Waals surface area (Å²) in [6, 6.07) is 5.46. The Morgan fingerprint density at radius 3 is 1.73 bits per heavy atom. The van der Waals surface area contributed by atoms with Crippen molar-refractivity contribution in [2.75, 3.05) is 0 Å². The van der Waals surface area contributed by atoms with E-state index >= 15 is 0 Å². The Balaban J connectivity index is 2.13. The maximum Gasteiger partial charge on any atom is 0.430 e. The summed E-state index contributed by atoms with van der Waals surface area (Å²) in [6.45, 7) is 0. The van der Waals surface area contributed by atoms with E-state index in [1.165, 1.54) is 0 Å². The van der Waals surface area contributed by atoms with Crippen molar-refractivity contribution in [3.8, 4) is 0 Å². The van der Waals surface area contributed by atoms with Crippen molar-refractivity contribution in [1.29, 1.82) is 0 Å². The number of sulfone groups is 1. The molecule has 0 radical (unpaired) electrons. The summed E-state index contributed by atoms with van der Waals surface area (Å²) in [5, 5.41) is 18.7. The number of hydrogen-bond donors (Lipinski definition) is 2. The maximum atomic E-state index is 13.3. The average Bonchev–Trinajstić information content (AvgIpc) is 2.65. The number of aliphatic carboxylic acids is 1. The summed E-state index contributed by atoms with van der Waals surface area (Å²) in [5.41, 5.74) is -7.06. The molecule has 180 valence electrons. The van der Waals surface area contributed by atoms with E-state index in [4.69, 9.17) is 0 Å². The first-order valence-electron chi connectivity index (χ1n) is 9.17. The Morgan fingerprint density at radius 1 is 0.879 bits per heavy atom. The molecule has 2 aromatic rings. The molecule has 2 N–H and O–H groups in total. The number of rotatable bonds is 5. The number of carboxylic acid groups (broad SMARTS) is 1. The molecular weight excluding hydrogens is 485 g/mol. The summed E-state index contributed by atoms with van der Waals surface area (Å²) >= 11 is 0. The third-order valence-corrected chi connectivity index (χ3v) is 8.28. The predicted molar refractivity (Wildman–Crippen MR) is 98.1 cm³/mol. The van der Waals surface area contributed by atoms with Gasteiger partial charge >= 0.3 is 18.3 Å². The molecule has 0 aromatic heterocycles. The molecule has 0 heterocycles. The van der Waals surface area contributed by atoms with Crippen LogP contribution in [0.5, 0.6) is 0 Å². The standard InChI is InChI=1S/C20H15F7O5S/c21-14-5-7-15(8-6-14)33(31,32)17(9-11(10-17)16(28)29)12-1-3-13(4-2-12)18(30,19(22,23)24)20(25,26)27/h1-8,11,30H,9-10H2,(H,28,29)/t11-,17-. The van der Waals surface area contributed by atoms with Crippen LogP contribution in [-0.4, -0.2) is 37.0 Å². The molecule has 3 rings (SSSR count). The highest BCUT2D eigenvalue weighted by Crippen LogP contribution is 2.55. The Morgan fingerprint density at radius 2 is 1.33 bits per heavy atom. The summed E-state index contributed by atoms with van der Waals surface area (Å²) in [6.07, 6.45) is -13.3. The van der Waals surface area contributed by atoms with Gasteiger partial charge in [-0.05, 0) is 42.7 Å². The van der Waals surface area contributed by atoms with Gasteiger partial charge in [0.2, 0.25) is 0 Å². The smallest absolute Gasteiger partial charge is 0.430 e. The van der Waals surface area contributed by atoms with Crippen LogP contribution in [0.2, 0.25) is 0 Å². The van der Waals surface area contributed by atoms with Crippen LogP contribution in [0.4, 0.5) is 30.7 Å². The van der Waals surface area contributed by atoms with E-state index in [-0.39, 0.29) is 5.56 Å². The molecule has 0 aliphatic heterocycles. The first-order valence-corrected chi connectivity index (χ1v) is 10.7. The van der Waals surface area contributed by atoms with E-state index in [0.717, 1.165) is 24.3 Å². The first-order chi connectivity index (χ1) is 15.0. The molecule has 2 aromatic carbocycles. The average molecular weight is 500 g/mol. The highest BCUT2D eigenvalue weighted by atomic mass is 32.2. The largest absolute Gasteiger partial charge is 0.481 e. The summed E-state index contributed by atoms with van der Waals surface area (Å²) in [7, 11) is -4.44. The van der Waals surface area contributed by atoms with Crippen LogP contribution in [0, 0.1) is 11.7 Å². The minimum atomic E-state index is -6.13. The lowest BCUT2D eigenvalue weighted by Gasteiger charge is -2.45. The van der Waals surface area contributed by atoms with E-state index < -0.39 is 73.5 Å². The van der Waals surface area contributed by atoms with Crippen molar-refractivity contribution >= 4 is 15.8 Å². The van der Waals surface area contributed by atoms with Gasteiger partial charge < -0.3 is 10.2 Å². The second-order valence-electron chi connectivity index (χ2n) is 7.68. The number of hydrogen-bond acceptors (Lipinski definition) is 4. The van der Waals surface area contributed by atoms with E-state index in [2.05, 4.69) is 0 Å². The molecule has 1 aliphatic rings. The van der Waals surface area contributed by atoms with E-state index in [0.29, 0.717) is 24.3 Å². The number of alkyl halides is 6. The normalized spacial score (nSPS) is 22.0. The van der Waals surface area contributed by atoms with Crippen LogP contribution in [0.25, 0.3) is 0 Å². The fourth-order valence-electron chi connectivity index (χ4n) is 3.86. The number of aliphatic hydroxyl groups is 1. The molecule has 5 nitrogen and oxygen atoms in total. The van der Waals surface area contributed by atoms with Gasteiger partial charge in [-0.3, -0.25) is 4.79 Å². The molecule has 0 saturated heterocycles. The van der Waals surface area contributed by atoms with Crippen LogP contribution >= 0.6 is 0 Å². The molecule has 0 spiro atoms. The molecular formula is C20H15F7O5S. The molecule has 0 unspecified atom stereocenters. The molecule has 1 fully saturated rings. The zero-order chi connectivity index (χ0) is 25.0. The zero-order valence-corrected chi connectivity index (χ0v) is 17.1. The van der Waals surface area contributed by atoms with Crippen LogP contribution in [0.15, 0.2) is 53.4 Å². The maximum absolute atomic E-state index is 13.3. The van der Waals surface area contributed by atoms with Gasteiger partial charge in [-0.15, -0.1) is 0 Å². The summed E-state index contributed by atoms with van der Waals surface area (Å²) in [5.74, 6) is -3.23. The van der Waals surface area contributed by atoms with Gasteiger partial charge in [0.25, 0.3) is 5.60 Å². The molecule has 0 amide bonds. The van der Waals surface area contributed by atoms with Crippen LogP contribution in [0.1, 0.15) is 24.0 Å². The van der Waals surface area contributed by atoms with Gasteiger partial charge in [-0.1, -0.05) is 24.3 Å². The van der Waals surface area contributed by atoms with Crippen molar-refractivity contribution < 1.29 is 54.2 Å². The zero-order valence-electron chi connectivity index (χ0n) is 16.3. The van der Waals surface area contributed by atoms with Crippen molar-refractivity contribution in [1.82, 2.24) is 0 Å². The fourth-order valence-corrected chi connectivity index (χ4v) is 6.10. The Bertz CT molecular complexity index is 1130. The molecule has 13 heteroatoms. The highest BCUT2D eigenvalue weighted by Gasteiger charge is 2.71. The van der Waals surface area contributed by atoms with Gasteiger partial charge in [0.15, 0.2) is 9.84 Å². The van der Waals surface area contributed by atoms with Gasteiger partial charge in [-0.2, -0.15) is 26.3 Å². The summed E-state index contributed by atoms with van der Waals surface area (Å²) in [4.78, 5) is 10.9. The number of carbonyl (C=O) groups is 1. The van der Waals surface area contributed by atoms with Crippen molar-refractivity contribution in [3.63, 3.8) is 0 Å². The van der Waals surface area contributed by atoms with E-state index in [1.54, 1.807) is 0 Å². The van der Waals surface area contributed by atoms with E-state index in [1.807, 2.05) is 0 Å². The van der Waals surface area contributed by atoms with Crippen molar-refractivity contribution in [2.45, 2.75) is 40.4 Å². The fraction of sp³-hybridized carbons (Fsp3) is 0.350. The number of benzene rings is 2. The van der Waals surface area contributed by atoms with Crippen LogP contribution in [0.3, 0.4) is 0 Å². The van der Waals surface area contributed by atoms with Gasteiger partial charge in [0.1, 0.15) is 10.6 Å². The summed E-state index contributed by atoms with van der Waals surface area (Å²) < 4.78 is 117. The molecule has 1 saturated carbocycles. The molecule has 0 atom stereocenters. The third-order valence-electron chi connectivity index (χ3n) is 5.79. The van der Waals surface area contributed by atoms with Crippen LogP contribution in [-0.2, 0) is 25.0 Å². The topological polar surface area (TPSA) is 91.7 Å². The lowest BCUT2D eigenvalue weighted by molar-refractivity contribution is -0.376. The molecule has 0 bridgehead atoms. The van der Waals surface area contributed by atoms with Gasteiger partial charge in [-0.25, -0.2) is 12.8 Å². The van der Waals surface area contributed by atoms with Crippen LogP contribution < -0.4 is 0 Å². The first kappa shape index (κ1) is 25.0.